The molecule has 0 radical (unpaired) electrons. The fourth-order valence-corrected chi connectivity index (χ4v) is 10.8. The zero-order chi connectivity index (χ0) is 25.0. The number of hydrogen-bond donors (Lipinski definition) is 1. The zero-order valence-corrected chi connectivity index (χ0v) is 21.4. The summed E-state index contributed by atoms with van der Waals surface area (Å²) in [6.45, 7) is 11.0. The molecule has 1 N–H and O–H groups in total. The molecule has 36 heavy (non-hydrogen) atoms. The SMILES string of the molecule is C=C1[C@H]2C[C@@]3([C@@H]1OC(=O)/C=C/c1ccccc1)[C@@H](CC2=O)[C@@]12[C@@H]4[C@@H]3C[C@@H]1[C@@](C)(CC[C@@H]2O)CN4CC. The number of hydrogen-bond acceptors (Lipinski definition) is 5. The highest BCUT2D eigenvalue weighted by atomic mass is 16.5. The Morgan fingerprint density at radius 3 is 2.81 bits per heavy atom. The molecule has 1 aromatic rings. The fraction of sp³-hybridized carbons (Fsp3) is 0.613. The van der Waals surface area contributed by atoms with Crippen molar-refractivity contribution in [1.29, 1.82) is 0 Å². The minimum Gasteiger partial charge on any atom is -0.454 e. The van der Waals surface area contributed by atoms with Gasteiger partial charge in [0.25, 0.3) is 0 Å². The number of piperidine rings is 1. The molecule has 6 aliphatic rings. The Morgan fingerprint density at radius 2 is 2.06 bits per heavy atom. The van der Waals surface area contributed by atoms with Crippen molar-refractivity contribution in [2.75, 3.05) is 13.1 Å². The first-order valence-corrected chi connectivity index (χ1v) is 13.8. The maximum absolute atomic E-state index is 13.5. The summed E-state index contributed by atoms with van der Waals surface area (Å²) in [6.07, 6.45) is 6.56. The monoisotopic (exact) mass is 487 g/mol. The number of aliphatic hydroxyl groups excluding tert-OH is 1. The largest absolute Gasteiger partial charge is 0.454 e. The van der Waals surface area contributed by atoms with E-state index in [1.165, 1.54) is 6.08 Å². The van der Waals surface area contributed by atoms with Crippen LogP contribution in [0.2, 0.25) is 0 Å². The number of nitrogens with zero attached hydrogens (tertiary/aromatic N) is 1. The van der Waals surface area contributed by atoms with Crippen LogP contribution in [0.4, 0.5) is 0 Å². The van der Waals surface area contributed by atoms with Gasteiger partial charge in [-0.15, -0.1) is 0 Å². The molecule has 190 valence electrons. The number of ether oxygens (including phenoxy) is 1. The highest BCUT2D eigenvalue weighted by molar-refractivity contribution is 5.89. The summed E-state index contributed by atoms with van der Waals surface area (Å²) in [5.41, 5.74) is 1.31. The van der Waals surface area contributed by atoms with Crippen LogP contribution in [0, 0.1) is 39.9 Å². The van der Waals surface area contributed by atoms with Gasteiger partial charge in [-0.05, 0) is 72.6 Å². The number of esters is 1. The third-order valence-electron chi connectivity index (χ3n) is 11.8. The quantitative estimate of drug-likeness (QED) is 0.390. The molecular weight excluding hydrogens is 450 g/mol. The summed E-state index contributed by atoms with van der Waals surface area (Å²) >= 11 is 0. The molecule has 6 fully saturated rings. The van der Waals surface area contributed by atoms with E-state index in [0.717, 1.165) is 49.9 Å². The van der Waals surface area contributed by atoms with Crippen molar-refractivity contribution in [2.24, 2.45) is 39.9 Å². The number of carbonyl (C=O) groups is 2. The predicted octanol–water partition coefficient (Wildman–Crippen LogP) is 4.26. The molecule has 7 bridgehead atoms. The summed E-state index contributed by atoms with van der Waals surface area (Å²) in [6, 6.07) is 9.99. The van der Waals surface area contributed by atoms with Crippen molar-refractivity contribution >= 4 is 17.8 Å². The molecule has 5 nitrogen and oxygen atoms in total. The molecular formula is C31H37NO4. The normalized spacial score (nSPS) is 48.5. The summed E-state index contributed by atoms with van der Waals surface area (Å²) < 4.78 is 6.30. The van der Waals surface area contributed by atoms with Gasteiger partial charge < -0.3 is 9.84 Å². The lowest BCUT2D eigenvalue weighted by Gasteiger charge is -2.65. The van der Waals surface area contributed by atoms with E-state index in [0.29, 0.717) is 18.3 Å². The second-order valence-electron chi connectivity index (χ2n) is 12.8. The lowest BCUT2D eigenvalue weighted by molar-refractivity contribution is -0.213. The van der Waals surface area contributed by atoms with Crippen LogP contribution >= 0.6 is 0 Å². The van der Waals surface area contributed by atoms with Crippen molar-refractivity contribution in [3.8, 4) is 0 Å². The number of carbonyl (C=O) groups excluding carboxylic acids is 2. The topological polar surface area (TPSA) is 66.8 Å². The number of likely N-dealkylation sites (tertiary alicyclic amines) is 1. The van der Waals surface area contributed by atoms with Gasteiger partial charge in [0.2, 0.25) is 0 Å². The lowest BCUT2D eigenvalue weighted by Crippen LogP contribution is -2.68. The van der Waals surface area contributed by atoms with Crippen molar-refractivity contribution in [3.63, 3.8) is 0 Å². The average molecular weight is 488 g/mol. The van der Waals surface area contributed by atoms with E-state index >= 15 is 0 Å². The number of rotatable bonds is 4. The molecule has 10 atom stereocenters. The molecule has 1 saturated heterocycles. The average Bonchev–Trinajstić information content (AvgIpc) is 3.40. The lowest BCUT2D eigenvalue weighted by atomic mass is 9.43. The molecule has 7 rings (SSSR count). The number of benzene rings is 1. The molecule has 5 aliphatic carbocycles. The number of aliphatic hydroxyl groups is 1. The molecule has 2 spiro atoms. The summed E-state index contributed by atoms with van der Waals surface area (Å²) in [7, 11) is 0. The molecule has 5 heteroatoms. The van der Waals surface area contributed by atoms with Crippen molar-refractivity contribution in [3.05, 3.63) is 54.1 Å². The van der Waals surface area contributed by atoms with E-state index in [-0.39, 0.29) is 45.9 Å². The van der Waals surface area contributed by atoms with Crippen molar-refractivity contribution < 1.29 is 19.4 Å². The summed E-state index contributed by atoms with van der Waals surface area (Å²) in [4.78, 5) is 29.3. The Labute approximate surface area is 213 Å². The molecule has 1 aromatic carbocycles. The maximum atomic E-state index is 13.5. The van der Waals surface area contributed by atoms with Gasteiger partial charge in [0, 0.05) is 41.8 Å². The predicted molar refractivity (Wildman–Crippen MR) is 137 cm³/mol. The summed E-state index contributed by atoms with van der Waals surface area (Å²) in [5.74, 6) is 0.420. The van der Waals surface area contributed by atoms with Crippen LogP contribution in [0.15, 0.2) is 48.6 Å². The van der Waals surface area contributed by atoms with Gasteiger partial charge in [0.1, 0.15) is 11.9 Å². The van der Waals surface area contributed by atoms with Crippen LogP contribution in [-0.2, 0) is 14.3 Å². The van der Waals surface area contributed by atoms with Gasteiger partial charge in [0.15, 0.2) is 0 Å². The van der Waals surface area contributed by atoms with E-state index in [2.05, 4.69) is 25.3 Å². The first kappa shape index (κ1) is 22.9. The Bertz CT molecular complexity index is 1180. The second kappa shape index (κ2) is 7.41. The molecule has 1 aliphatic heterocycles. The van der Waals surface area contributed by atoms with Crippen molar-refractivity contribution in [1.82, 2.24) is 4.90 Å². The van der Waals surface area contributed by atoms with E-state index in [9.17, 15) is 14.7 Å². The molecule has 1 heterocycles. The smallest absolute Gasteiger partial charge is 0.331 e. The van der Waals surface area contributed by atoms with Gasteiger partial charge in [-0.1, -0.05) is 50.8 Å². The van der Waals surface area contributed by atoms with Crippen LogP contribution in [0.25, 0.3) is 6.08 Å². The van der Waals surface area contributed by atoms with Crippen LogP contribution in [0.3, 0.4) is 0 Å². The van der Waals surface area contributed by atoms with E-state index in [1.54, 1.807) is 6.08 Å². The Balaban J connectivity index is 1.31. The molecule has 5 saturated carbocycles. The fourth-order valence-electron chi connectivity index (χ4n) is 10.8. The Hall–Kier alpha value is -2.24. The second-order valence-corrected chi connectivity index (χ2v) is 12.8. The standard InChI is InChI=1S/C31H37NO4/c1-4-32-17-29(3)13-12-25(34)31-23(29)14-21(27(31)32)30-16-20(22(33)15-24(30)31)18(2)28(30)36-26(35)11-10-19-8-6-5-7-9-19/h5-11,20-21,23-25,27-28,34H,2,4,12-17H2,1,3H3/b11-10+/t20-,21+,23-,24-,25+,27+,28-,29+,30+,31+/m1/s1. The van der Waals surface area contributed by atoms with Crippen LogP contribution in [-0.4, -0.2) is 53.1 Å². The van der Waals surface area contributed by atoms with Gasteiger partial charge >= 0.3 is 5.97 Å². The minimum absolute atomic E-state index is 0.0432. The van der Waals surface area contributed by atoms with Gasteiger partial charge in [-0.2, -0.15) is 0 Å². The number of Topliss-reactive ketones (excluding diaryl/α,β-unsaturated/α-hetero) is 1. The van der Waals surface area contributed by atoms with Gasteiger partial charge in [-0.25, -0.2) is 4.79 Å². The molecule has 0 unspecified atom stereocenters. The first-order chi connectivity index (χ1) is 17.3. The van der Waals surface area contributed by atoms with E-state index in [1.807, 2.05) is 30.3 Å². The molecule has 0 amide bonds. The van der Waals surface area contributed by atoms with Crippen LogP contribution in [0.1, 0.15) is 51.5 Å². The highest BCUT2D eigenvalue weighted by Crippen LogP contribution is 2.83. The first-order valence-electron chi connectivity index (χ1n) is 13.8. The maximum Gasteiger partial charge on any atom is 0.331 e. The minimum atomic E-state index is -0.461. The van der Waals surface area contributed by atoms with Crippen LogP contribution < -0.4 is 0 Å². The van der Waals surface area contributed by atoms with Gasteiger partial charge in [0.05, 0.1) is 6.10 Å². The zero-order valence-electron chi connectivity index (χ0n) is 21.4. The Morgan fingerprint density at radius 1 is 1.28 bits per heavy atom. The number of ketones is 1. The van der Waals surface area contributed by atoms with E-state index < -0.39 is 12.2 Å². The Kier molecular flexibility index (Phi) is 4.72. The highest BCUT2D eigenvalue weighted by Gasteiger charge is 2.85. The number of fused-ring (bicyclic) bond motifs is 1. The summed E-state index contributed by atoms with van der Waals surface area (Å²) in [5, 5.41) is 11.8. The third-order valence-corrected chi connectivity index (χ3v) is 11.8. The van der Waals surface area contributed by atoms with E-state index in [4.69, 9.17) is 4.74 Å². The molecule has 0 aromatic heterocycles. The third kappa shape index (κ3) is 2.54. The van der Waals surface area contributed by atoms with Crippen LogP contribution in [0.5, 0.6) is 0 Å². The van der Waals surface area contributed by atoms with Crippen molar-refractivity contribution in [2.45, 2.75) is 64.2 Å². The van der Waals surface area contributed by atoms with Gasteiger partial charge in [-0.3, -0.25) is 9.69 Å².